The van der Waals surface area contributed by atoms with Gasteiger partial charge in [0.05, 0.1) is 0 Å². The van der Waals surface area contributed by atoms with Crippen LogP contribution in [0.3, 0.4) is 0 Å². The smallest absolute Gasteiger partial charge is 0.151 e. The molecular weight excluding hydrogens is 282 g/mol. The number of benzene rings is 1. The number of aromatic nitrogens is 2. The molecule has 0 spiro atoms. The summed E-state index contributed by atoms with van der Waals surface area (Å²) in [6, 6.07) is 10.4. The second kappa shape index (κ2) is 5.64. The van der Waals surface area contributed by atoms with E-state index in [4.69, 9.17) is 0 Å². The lowest BCUT2D eigenvalue weighted by Crippen LogP contribution is -1.97. The van der Waals surface area contributed by atoms with Crippen LogP contribution in [-0.2, 0) is 0 Å². The molecular formula is C18H14F2N2. The highest BCUT2D eigenvalue weighted by Gasteiger charge is 2.14. The van der Waals surface area contributed by atoms with E-state index in [1.54, 1.807) is 6.92 Å². The van der Waals surface area contributed by atoms with Gasteiger partial charge in [0, 0.05) is 18.0 Å². The van der Waals surface area contributed by atoms with Crippen LogP contribution in [-0.4, -0.2) is 9.97 Å². The molecule has 0 unspecified atom stereocenters. The Bertz CT molecular complexity index is 827. The monoisotopic (exact) mass is 296 g/mol. The average Bonchev–Trinajstić information content (AvgIpc) is 2.49. The summed E-state index contributed by atoms with van der Waals surface area (Å²) in [5, 5.41) is 0. The minimum atomic E-state index is -0.590. The van der Waals surface area contributed by atoms with Crippen molar-refractivity contribution in [3.8, 4) is 22.5 Å². The third-order valence-corrected chi connectivity index (χ3v) is 3.43. The Kier molecular flexibility index (Phi) is 3.67. The van der Waals surface area contributed by atoms with E-state index in [1.165, 1.54) is 24.5 Å². The minimum absolute atomic E-state index is 0.0708. The Morgan fingerprint density at radius 1 is 0.682 bits per heavy atom. The first-order chi connectivity index (χ1) is 10.5. The minimum Gasteiger partial charge on any atom is -0.251 e. The van der Waals surface area contributed by atoms with Crippen molar-refractivity contribution in [2.45, 2.75) is 13.8 Å². The second-order valence-corrected chi connectivity index (χ2v) is 5.26. The molecule has 0 aliphatic carbocycles. The van der Waals surface area contributed by atoms with Crippen molar-refractivity contribution in [3.63, 3.8) is 0 Å². The largest absolute Gasteiger partial charge is 0.251 e. The molecule has 2 heterocycles. The summed E-state index contributed by atoms with van der Waals surface area (Å²) in [7, 11) is 0. The van der Waals surface area contributed by atoms with E-state index in [2.05, 4.69) is 9.97 Å². The van der Waals surface area contributed by atoms with E-state index in [-0.39, 0.29) is 11.4 Å². The summed E-state index contributed by atoms with van der Waals surface area (Å²) in [4.78, 5) is 8.01. The van der Waals surface area contributed by atoms with E-state index in [0.29, 0.717) is 11.1 Å². The average molecular weight is 296 g/mol. The standard InChI is InChI=1S/C18H14F2N2/c1-11-3-5-13(6-4-11)14-8-16(20)18(22-10-14)17-15(19)7-12(2)9-21-17/h3-10H,1-2H3. The molecule has 0 aliphatic rings. The molecule has 0 amide bonds. The summed E-state index contributed by atoms with van der Waals surface area (Å²) in [5.41, 5.74) is 3.17. The lowest BCUT2D eigenvalue weighted by Gasteiger charge is -2.07. The first-order valence-corrected chi connectivity index (χ1v) is 6.89. The zero-order chi connectivity index (χ0) is 15.7. The summed E-state index contributed by atoms with van der Waals surface area (Å²) in [6.45, 7) is 3.71. The summed E-state index contributed by atoms with van der Waals surface area (Å²) in [5.74, 6) is -1.16. The molecule has 2 aromatic heterocycles. The molecule has 110 valence electrons. The number of aryl methyl sites for hydroxylation is 2. The maximum Gasteiger partial charge on any atom is 0.151 e. The normalized spacial score (nSPS) is 10.7. The molecule has 2 nitrogen and oxygen atoms in total. The fourth-order valence-corrected chi connectivity index (χ4v) is 2.22. The highest BCUT2D eigenvalue weighted by atomic mass is 19.1. The van der Waals surface area contributed by atoms with Crippen molar-refractivity contribution in [3.05, 3.63) is 71.6 Å². The van der Waals surface area contributed by atoms with Gasteiger partial charge in [-0.15, -0.1) is 0 Å². The molecule has 3 rings (SSSR count). The van der Waals surface area contributed by atoms with Crippen LogP contribution in [0.4, 0.5) is 8.78 Å². The third-order valence-electron chi connectivity index (χ3n) is 3.43. The fraction of sp³-hybridized carbons (Fsp3) is 0.111. The molecule has 0 fully saturated rings. The zero-order valence-electron chi connectivity index (χ0n) is 12.3. The Morgan fingerprint density at radius 2 is 1.27 bits per heavy atom. The van der Waals surface area contributed by atoms with Gasteiger partial charge in [-0.1, -0.05) is 29.8 Å². The van der Waals surface area contributed by atoms with Crippen molar-refractivity contribution in [2.24, 2.45) is 0 Å². The topological polar surface area (TPSA) is 25.8 Å². The van der Waals surface area contributed by atoms with Crippen LogP contribution in [0.2, 0.25) is 0 Å². The predicted octanol–water partition coefficient (Wildman–Crippen LogP) is 4.71. The highest BCUT2D eigenvalue weighted by molar-refractivity contribution is 5.66. The van der Waals surface area contributed by atoms with Crippen LogP contribution in [0.1, 0.15) is 11.1 Å². The first-order valence-electron chi connectivity index (χ1n) is 6.89. The number of hydrogen-bond acceptors (Lipinski definition) is 2. The summed E-state index contributed by atoms with van der Waals surface area (Å²) in [6.07, 6.45) is 3.03. The van der Waals surface area contributed by atoms with Crippen molar-refractivity contribution >= 4 is 0 Å². The molecule has 0 saturated heterocycles. The highest BCUT2D eigenvalue weighted by Crippen LogP contribution is 2.26. The van der Waals surface area contributed by atoms with Gasteiger partial charge in [-0.25, -0.2) is 8.78 Å². The quantitative estimate of drug-likeness (QED) is 0.684. The second-order valence-electron chi connectivity index (χ2n) is 5.26. The van der Waals surface area contributed by atoms with Crippen LogP contribution in [0.25, 0.3) is 22.5 Å². The van der Waals surface area contributed by atoms with Crippen molar-refractivity contribution < 1.29 is 8.78 Å². The lowest BCUT2D eigenvalue weighted by atomic mass is 10.0. The molecule has 3 aromatic rings. The van der Waals surface area contributed by atoms with Gasteiger partial charge >= 0.3 is 0 Å². The van der Waals surface area contributed by atoms with E-state index in [1.807, 2.05) is 31.2 Å². The molecule has 0 saturated carbocycles. The van der Waals surface area contributed by atoms with Crippen LogP contribution < -0.4 is 0 Å². The number of pyridine rings is 2. The first kappa shape index (κ1) is 14.3. The Labute approximate surface area is 127 Å². The maximum absolute atomic E-state index is 14.3. The fourth-order valence-electron chi connectivity index (χ4n) is 2.22. The summed E-state index contributed by atoms with van der Waals surface area (Å²) >= 11 is 0. The van der Waals surface area contributed by atoms with Gasteiger partial charge in [-0.3, -0.25) is 9.97 Å². The van der Waals surface area contributed by atoms with Crippen LogP contribution in [0.5, 0.6) is 0 Å². The lowest BCUT2D eigenvalue weighted by molar-refractivity contribution is 0.606. The van der Waals surface area contributed by atoms with Gasteiger partial charge in [0.2, 0.25) is 0 Å². The van der Waals surface area contributed by atoms with Crippen LogP contribution in [0, 0.1) is 25.5 Å². The molecule has 4 heteroatoms. The number of hydrogen-bond donors (Lipinski definition) is 0. The predicted molar refractivity (Wildman–Crippen MR) is 82.3 cm³/mol. The molecule has 0 N–H and O–H groups in total. The van der Waals surface area contributed by atoms with Crippen molar-refractivity contribution in [2.75, 3.05) is 0 Å². The molecule has 0 bridgehead atoms. The van der Waals surface area contributed by atoms with Gasteiger partial charge < -0.3 is 0 Å². The van der Waals surface area contributed by atoms with Gasteiger partial charge in [-0.05, 0) is 37.1 Å². The van der Waals surface area contributed by atoms with E-state index >= 15 is 0 Å². The molecule has 0 aliphatic heterocycles. The van der Waals surface area contributed by atoms with Gasteiger partial charge in [0.25, 0.3) is 0 Å². The van der Waals surface area contributed by atoms with Crippen molar-refractivity contribution in [1.29, 1.82) is 0 Å². The SMILES string of the molecule is Cc1ccc(-c2cnc(-c3ncc(C)cc3F)c(F)c2)cc1. The number of rotatable bonds is 2. The zero-order valence-corrected chi connectivity index (χ0v) is 12.3. The Hall–Kier alpha value is -2.62. The van der Waals surface area contributed by atoms with E-state index in [9.17, 15) is 8.78 Å². The Morgan fingerprint density at radius 3 is 1.86 bits per heavy atom. The van der Waals surface area contributed by atoms with Gasteiger partial charge in [0.15, 0.2) is 11.6 Å². The molecule has 0 atom stereocenters. The number of nitrogens with zero attached hydrogens (tertiary/aromatic N) is 2. The molecule has 0 radical (unpaired) electrons. The van der Waals surface area contributed by atoms with Gasteiger partial charge in [-0.2, -0.15) is 0 Å². The van der Waals surface area contributed by atoms with Gasteiger partial charge in [0.1, 0.15) is 11.4 Å². The van der Waals surface area contributed by atoms with Crippen LogP contribution in [0.15, 0.2) is 48.8 Å². The van der Waals surface area contributed by atoms with Crippen LogP contribution >= 0.6 is 0 Å². The van der Waals surface area contributed by atoms with E-state index in [0.717, 1.165) is 11.1 Å². The molecule has 22 heavy (non-hydrogen) atoms. The Balaban J connectivity index is 2.04. The molecule has 1 aromatic carbocycles. The summed E-state index contributed by atoms with van der Waals surface area (Å²) < 4.78 is 28.2. The maximum atomic E-state index is 14.3. The number of halogens is 2. The van der Waals surface area contributed by atoms with E-state index < -0.39 is 11.6 Å². The van der Waals surface area contributed by atoms with Crippen molar-refractivity contribution in [1.82, 2.24) is 9.97 Å². The third kappa shape index (κ3) is 2.72.